The van der Waals surface area contributed by atoms with E-state index in [2.05, 4.69) is 22.4 Å². The lowest BCUT2D eigenvalue weighted by Crippen LogP contribution is -2.51. The fourth-order valence-corrected chi connectivity index (χ4v) is 3.16. The third-order valence-corrected chi connectivity index (χ3v) is 4.62. The van der Waals surface area contributed by atoms with E-state index < -0.39 is 0 Å². The molecule has 1 N–H and O–H groups in total. The summed E-state index contributed by atoms with van der Waals surface area (Å²) in [7, 11) is 0. The van der Waals surface area contributed by atoms with Crippen molar-refractivity contribution in [1.29, 1.82) is 0 Å². The van der Waals surface area contributed by atoms with Crippen molar-refractivity contribution in [2.45, 2.75) is 45.1 Å². The van der Waals surface area contributed by atoms with Gasteiger partial charge in [-0.1, -0.05) is 37.2 Å². The normalized spacial score (nSPS) is 20.0. The number of carbonyl (C=O) groups is 1. The van der Waals surface area contributed by atoms with E-state index in [4.69, 9.17) is 9.26 Å². The summed E-state index contributed by atoms with van der Waals surface area (Å²) in [5, 5.41) is 7.09. The van der Waals surface area contributed by atoms with Crippen LogP contribution in [-0.2, 0) is 12.0 Å². The first-order valence-corrected chi connectivity index (χ1v) is 9.14. The molecule has 1 atom stereocenters. The zero-order valence-electron chi connectivity index (χ0n) is 15.4. The SMILES string of the molecule is CCCNC(=O)N1CCCC(C)(c2noc(COc3ccccc3)n2)C1. The van der Waals surface area contributed by atoms with Gasteiger partial charge in [-0.2, -0.15) is 4.98 Å². The van der Waals surface area contributed by atoms with Crippen LogP contribution < -0.4 is 10.1 Å². The molecular formula is C19H26N4O3. The lowest BCUT2D eigenvalue weighted by molar-refractivity contribution is 0.151. The Bertz CT molecular complexity index is 719. The lowest BCUT2D eigenvalue weighted by atomic mass is 9.81. The number of amides is 2. The van der Waals surface area contributed by atoms with Gasteiger partial charge < -0.3 is 19.5 Å². The van der Waals surface area contributed by atoms with Crippen LogP contribution >= 0.6 is 0 Å². The van der Waals surface area contributed by atoms with E-state index in [1.54, 1.807) is 0 Å². The predicted molar refractivity (Wildman–Crippen MR) is 96.9 cm³/mol. The van der Waals surface area contributed by atoms with Crippen LogP contribution in [0.2, 0.25) is 0 Å². The molecule has 7 nitrogen and oxygen atoms in total. The van der Waals surface area contributed by atoms with Crippen LogP contribution in [0.3, 0.4) is 0 Å². The highest BCUT2D eigenvalue weighted by molar-refractivity contribution is 5.74. The number of nitrogens with one attached hydrogen (secondary N) is 1. The van der Waals surface area contributed by atoms with Gasteiger partial charge in [0.1, 0.15) is 5.75 Å². The van der Waals surface area contributed by atoms with Gasteiger partial charge in [-0.05, 0) is 31.4 Å². The van der Waals surface area contributed by atoms with Crippen molar-refractivity contribution in [2.75, 3.05) is 19.6 Å². The van der Waals surface area contributed by atoms with Crippen molar-refractivity contribution < 1.29 is 14.1 Å². The Morgan fingerprint density at radius 2 is 2.19 bits per heavy atom. The van der Waals surface area contributed by atoms with Crippen LogP contribution in [0.15, 0.2) is 34.9 Å². The van der Waals surface area contributed by atoms with Crippen LogP contribution in [0.4, 0.5) is 4.79 Å². The molecule has 1 aliphatic rings. The number of para-hydroxylation sites is 1. The molecule has 1 aromatic heterocycles. The Morgan fingerprint density at radius 1 is 1.38 bits per heavy atom. The van der Waals surface area contributed by atoms with Crippen LogP contribution in [-0.4, -0.2) is 40.7 Å². The summed E-state index contributed by atoms with van der Waals surface area (Å²) in [6.07, 6.45) is 2.76. The Hall–Kier alpha value is -2.57. The van der Waals surface area contributed by atoms with Crippen molar-refractivity contribution >= 4 is 6.03 Å². The molecule has 3 rings (SSSR count). The first kappa shape index (κ1) is 18.2. The maximum absolute atomic E-state index is 12.3. The first-order chi connectivity index (χ1) is 12.6. The number of urea groups is 1. The highest BCUT2D eigenvalue weighted by atomic mass is 16.5. The molecule has 0 radical (unpaired) electrons. The summed E-state index contributed by atoms with van der Waals surface area (Å²) in [5.74, 6) is 1.84. The minimum atomic E-state index is -0.309. The zero-order valence-corrected chi connectivity index (χ0v) is 15.4. The van der Waals surface area contributed by atoms with Gasteiger partial charge in [0.15, 0.2) is 12.4 Å². The molecule has 2 amide bonds. The van der Waals surface area contributed by atoms with Crippen LogP contribution in [0, 0.1) is 0 Å². The van der Waals surface area contributed by atoms with E-state index >= 15 is 0 Å². The number of nitrogens with zero attached hydrogens (tertiary/aromatic N) is 3. The minimum Gasteiger partial charge on any atom is -0.484 e. The summed E-state index contributed by atoms with van der Waals surface area (Å²) < 4.78 is 11.0. The number of benzene rings is 1. The van der Waals surface area contributed by atoms with E-state index in [9.17, 15) is 4.79 Å². The monoisotopic (exact) mass is 358 g/mol. The van der Waals surface area contributed by atoms with Gasteiger partial charge in [0.2, 0.25) is 0 Å². The molecule has 2 aromatic rings. The molecule has 140 valence electrons. The average molecular weight is 358 g/mol. The molecule has 26 heavy (non-hydrogen) atoms. The predicted octanol–water partition coefficient (Wildman–Crippen LogP) is 3.12. The van der Waals surface area contributed by atoms with Gasteiger partial charge in [0, 0.05) is 25.0 Å². The van der Waals surface area contributed by atoms with Gasteiger partial charge in [-0.3, -0.25) is 0 Å². The summed E-state index contributed by atoms with van der Waals surface area (Å²) in [6, 6.07) is 9.50. The molecule has 7 heteroatoms. The average Bonchev–Trinajstić information content (AvgIpc) is 3.15. The number of piperidine rings is 1. The van der Waals surface area contributed by atoms with Gasteiger partial charge in [0.25, 0.3) is 5.89 Å². The van der Waals surface area contributed by atoms with Crippen LogP contribution in [0.5, 0.6) is 5.75 Å². The summed E-state index contributed by atoms with van der Waals surface area (Å²) >= 11 is 0. The molecule has 0 saturated carbocycles. The second-order valence-corrected chi connectivity index (χ2v) is 6.93. The second-order valence-electron chi connectivity index (χ2n) is 6.93. The van der Waals surface area contributed by atoms with E-state index in [1.165, 1.54) is 0 Å². The van der Waals surface area contributed by atoms with E-state index in [0.29, 0.717) is 24.8 Å². The molecule has 1 saturated heterocycles. The fourth-order valence-electron chi connectivity index (χ4n) is 3.16. The zero-order chi connectivity index (χ0) is 18.4. The Morgan fingerprint density at radius 3 is 2.96 bits per heavy atom. The number of hydrogen-bond donors (Lipinski definition) is 1. The Balaban J connectivity index is 1.62. The van der Waals surface area contributed by atoms with Crippen LogP contribution in [0.25, 0.3) is 0 Å². The quantitative estimate of drug-likeness (QED) is 0.858. The number of aromatic nitrogens is 2. The topological polar surface area (TPSA) is 80.5 Å². The molecule has 0 bridgehead atoms. The number of ether oxygens (including phenoxy) is 1. The van der Waals surface area contributed by atoms with Gasteiger partial charge in [-0.15, -0.1) is 0 Å². The van der Waals surface area contributed by atoms with Crippen molar-refractivity contribution in [3.8, 4) is 5.75 Å². The maximum Gasteiger partial charge on any atom is 0.317 e. The summed E-state index contributed by atoms with van der Waals surface area (Å²) in [6.45, 7) is 6.38. The van der Waals surface area contributed by atoms with Crippen molar-refractivity contribution in [3.05, 3.63) is 42.0 Å². The summed E-state index contributed by atoms with van der Waals surface area (Å²) in [4.78, 5) is 18.6. The number of carbonyl (C=O) groups excluding carboxylic acids is 1. The number of rotatable bonds is 6. The molecule has 1 aromatic carbocycles. The standard InChI is InChI=1S/C19H26N4O3/c1-3-11-20-18(24)23-12-7-10-19(2,14-23)17-21-16(26-22-17)13-25-15-8-5-4-6-9-15/h4-6,8-9H,3,7,10-14H2,1-2H3,(H,20,24). The van der Waals surface area contributed by atoms with E-state index in [0.717, 1.165) is 31.6 Å². The lowest BCUT2D eigenvalue weighted by Gasteiger charge is -2.38. The van der Waals surface area contributed by atoms with Gasteiger partial charge in [-0.25, -0.2) is 4.79 Å². The van der Waals surface area contributed by atoms with Crippen molar-refractivity contribution in [3.63, 3.8) is 0 Å². The van der Waals surface area contributed by atoms with E-state index in [-0.39, 0.29) is 18.1 Å². The van der Waals surface area contributed by atoms with Crippen molar-refractivity contribution in [1.82, 2.24) is 20.4 Å². The maximum atomic E-state index is 12.3. The molecule has 0 spiro atoms. The molecule has 2 heterocycles. The number of likely N-dealkylation sites (tertiary alicyclic amines) is 1. The minimum absolute atomic E-state index is 0.0195. The van der Waals surface area contributed by atoms with Gasteiger partial charge >= 0.3 is 6.03 Å². The largest absolute Gasteiger partial charge is 0.484 e. The van der Waals surface area contributed by atoms with Gasteiger partial charge in [0.05, 0.1) is 0 Å². The molecule has 0 aliphatic carbocycles. The summed E-state index contributed by atoms with van der Waals surface area (Å²) in [5.41, 5.74) is -0.309. The smallest absolute Gasteiger partial charge is 0.317 e. The number of hydrogen-bond acceptors (Lipinski definition) is 5. The Kier molecular flexibility index (Phi) is 5.75. The highest BCUT2D eigenvalue weighted by Gasteiger charge is 2.38. The second kappa shape index (κ2) is 8.21. The molecule has 1 unspecified atom stereocenters. The fraction of sp³-hybridized carbons (Fsp3) is 0.526. The molecule has 1 aliphatic heterocycles. The Labute approximate surface area is 153 Å². The first-order valence-electron chi connectivity index (χ1n) is 9.14. The third kappa shape index (κ3) is 4.33. The van der Waals surface area contributed by atoms with Crippen molar-refractivity contribution in [2.24, 2.45) is 0 Å². The highest BCUT2D eigenvalue weighted by Crippen LogP contribution is 2.32. The van der Waals surface area contributed by atoms with E-state index in [1.807, 2.05) is 42.2 Å². The molecule has 1 fully saturated rings. The third-order valence-electron chi connectivity index (χ3n) is 4.62. The molecular weight excluding hydrogens is 332 g/mol. The van der Waals surface area contributed by atoms with Crippen LogP contribution in [0.1, 0.15) is 44.8 Å².